The molecule has 25 heavy (non-hydrogen) atoms. The molecule has 6 rings (SSSR count). The average Bonchev–Trinajstić information content (AvgIpc) is 3.39. The zero-order chi connectivity index (χ0) is 16.4. The highest BCUT2D eigenvalue weighted by Crippen LogP contribution is 2.55. The summed E-state index contributed by atoms with van der Waals surface area (Å²) in [6.45, 7) is 3.64. The van der Waals surface area contributed by atoms with E-state index in [0.717, 1.165) is 30.4 Å². The summed E-state index contributed by atoms with van der Waals surface area (Å²) in [5.74, 6) is 2.87. The second-order valence-electron chi connectivity index (χ2n) is 9.69. The lowest BCUT2D eigenvalue weighted by Crippen LogP contribution is -2.50. The first-order valence-electron chi connectivity index (χ1n) is 10.8. The van der Waals surface area contributed by atoms with Crippen LogP contribution in [0.1, 0.15) is 68.6 Å². The topological polar surface area (TPSA) is 12.5 Å². The fourth-order valence-electron chi connectivity index (χ4n) is 7.44. The number of fused-ring (bicyclic) bond motifs is 6. The maximum absolute atomic E-state index is 6.14. The van der Waals surface area contributed by atoms with Crippen LogP contribution in [0.2, 0.25) is 0 Å². The molecule has 2 bridgehead atoms. The molecule has 1 aromatic carbocycles. The summed E-state index contributed by atoms with van der Waals surface area (Å²) in [4.78, 5) is 2.90. The van der Waals surface area contributed by atoms with Gasteiger partial charge in [-0.15, -0.1) is 0 Å². The first-order valence-corrected chi connectivity index (χ1v) is 10.8. The van der Waals surface area contributed by atoms with Crippen LogP contribution in [0.3, 0.4) is 0 Å². The Balaban J connectivity index is 1.27. The Hall–Kier alpha value is -0.860. The van der Waals surface area contributed by atoms with Gasteiger partial charge in [-0.2, -0.15) is 0 Å². The molecular formula is C23H31NO. The van der Waals surface area contributed by atoms with E-state index in [9.17, 15) is 0 Å². The third-order valence-corrected chi connectivity index (χ3v) is 8.63. The van der Waals surface area contributed by atoms with Crippen molar-refractivity contribution in [3.05, 3.63) is 35.4 Å². The van der Waals surface area contributed by atoms with E-state index in [4.69, 9.17) is 4.74 Å². The quantitative estimate of drug-likeness (QED) is 0.737. The Morgan fingerprint density at radius 3 is 2.64 bits per heavy atom. The van der Waals surface area contributed by atoms with Crippen molar-refractivity contribution in [2.45, 2.75) is 68.9 Å². The minimum atomic E-state index is 0.394. The van der Waals surface area contributed by atoms with Crippen LogP contribution in [0.4, 0.5) is 0 Å². The predicted molar refractivity (Wildman–Crippen MR) is 99.6 cm³/mol. The number of piperidine rings is 1. The highest BCUT2D eigenvalue weighted by atomic mass is 16.5. The highest BCUT2D eigenvalue weighted by Gasteiger charge is 2.50. The van der Waals surface area contributed by atoms with Crippen LogP contribution in [0.25, 0.3) is 0 Å². The van der Waals surface area contributed by atoms with Gasteiger partial charge in [-0.05, 0) is 92.3 Å². The fourth-order valence-corrected chi connectivity index (χ4v) is 7.44. The minimum absolute atomic E-state index is 0.394. The first-order chi connectivity index (χ1) is 12.3. The summed E-state index contributed by atoms with van der Waals surface area (Å²) in [7, 11) is 0. The minimum Gasteiger partial charge on any atom is -0.373 e. The number of hydrogen-bond acceptors (Lipinski definition) is 2. The van der Waals surface area contributed by atoms with Crippen LogP contribution < -0.4 is 0 Å². The molecule has 3 aliphatic carbocycles. The molecule has 2 heterocycles. The van der Waals surface area contributed by atoms with E-state index in [-0.39, 0.29) is 0 Å². The van der Waals surface area contributed by atoms with Gasteiger partial charge >= 0.3 is 0 Å². The van der Waals surface area contributed by atoms with Crippen molar-refractivity contribution in [3.8, 4) is 0 Å². The molecule has 2 saturated heterocycles. The standard InChI is InChI=1S/C23H31NO/c1-2-4-20-19(3-1)22-18(7-12-25-22)15-23(20)8-10-24(11-9-23)21-14-16-5-6-17(21)13-16/h1-4,16-18,21-22H,5-15H2/t16-,17+,18?,21?,22?/m0/s1. The lowest BCUT2D eigenvalue weighted by atomic mass is 9.60. The Kier molecular flexibility index (Phi) is 3.39. The molecule has 134 valence electrons. The van der Waals surface area contributed by atoms with Crippen LogP contribution in [-0.2, 0) is 10.2 Å². The van der Waals surface area contributed by atoms with Crippen molar-refractivity contribution in [2.24, 2.45) is 17.8 Å². The number of ether oxygens (including phenoxy) is 1. The third kappa shape index (κ3) is 2.23. The summed E-state index contributed by atoms with van der Waals surface area (Å²) in [5, 5.41) is 0. The molecule has 0 aromatic heterocycles. The fraction of sp³-hybridized carbons (Fsp3) is 0.739. The van der Waals surface area contributed by atoms with Crippen molar-refractivity contribution < 1.29 is 4.74 Å². The second kappa shape index (κ2) is 5.57. The molecule has 2 nitrogen and oxygen atoms in total. The van der Waals surface area contributed by atoms with Crippen molar-refractivity contribution in [1.29, 1.82) is 0 Å². The summed E-state index contributed by atoms with van der Waals surface area (Å²) < 4.78 is 6.14. The van der Waals surface area contributed by atoms with Crippen molar-refractivity contribution >= 4 is 0 Å². The maximum atomic E-state index is 6.14. The summed E-state index contributed by atoms with van der Waals surface area (Å²) >= 11 is 0. The van der Waals surface area contributed by atoms with E-state index < -0.39 is 0 Å². The van der Waals surface area contributed by atoms with E-state index in [2.05, 4.69) is 29.2 Å². The molecule has 4 fully saturated rings. The maximum Gasteiger partial charge on any atom is 0.0857 e. The number of hydrogen-bond donors (Lipinski definition) is 0. The van der Waals surface area contributed by atoms with Gasteiger partial charge in [0.05, 0.1) is 6.10 Å². The van der Waals surface area contributed by atoms with Gasteiger partial charge in [-0.1, -0.05) is 30.7 Å². The zero-order valence-corrected chi connectivity index (χ0v) is 15.3. The predicted octanol–water partition coefficient (Wildman–Crippen LogP) is 4.69. The average molecular weight is 338 g/mol. The lowest BCUT2D eigenvalue weighted by molar-refractivity contribution is 0.0379. The normalized spacial score (nSPS) is 41.8. The Bertz CT molecular complexity index is 662. The van der Waals surface area contributed by atoms with Crippen molar-refractivity contribution in [2.75, 3.05) is 19.7 Å². The Morgan fingerprint density at radius 1 is 0.960 bits per heavy atom. The van der Waals surface area contributed by atoms with Crippen LogP contribution in [-0.4, -0.2) is 30.6 Å². The Morgan fingerprint density at radius 2 is 1.84 bits per heavy atom. The number of rotatable bonds is 1. The van der Waals surface area contributed by atoms with Crippen molar-refractivity contribution in [3.63, 3.8) is 0 Å². The smallest absolute Gasteiger partial charge is 0.0857 e. The van der Waals surface area contributed by atoms with Gasteiger partial charge in [-0.25, -0.2) is 0 Å². The summed E-state index contributed by atoms with van der Waals surface area (Å²) in [5.41, 5.74) is 3.62. The van der Waals surface area contributed by atoms with Gasteiger partial charge in [0.25, 0.3) is 0 Å². The second-order valence-corrected chi connectivity index (χ2v) is 9.69. The molecule has 2 saturated carbocycles. The van der Waals surface area contributed by atoms with Crippen LogP contribution in [0, 0.1) is 17.8 Å². The van der Waals surface area contributed by atoms with E-state index in [1.165, 1.54) is 70.0 Å². The number of benzene rings is 1. The van der Waals surface area contributed by atoms with Gasteiger partial charge in [0, 0.05) is 12.6 Å². The SMILES string of the molecule is c1ccc2c(c1)C1OCCC1CC21CCN(C2C[C@H]3CC[C@@H]2C3)CC1. The van der Waals surface area contributed by atoms with Crippen LogP contribution >= 0.6 is 0 Å². The largest absolute Gasteiger partial charge is 0.373 e. The molecule has 1 spiro atoms. The molecule has 3 unspecified atom stereocenters. The van der Waals surface area contributed by atoms with Gasteiger partial charge in [-0.3, -0.25) is 0 Å². The van der Waals surface area contributed by atoms with E-state index in [1.54, 1.807) is 5.56 Å². The van der Waals surface area contributed by atoms with Crippen LogP contribution in [0.5, 0.6) is 0 Å². The third-order valence-electron chi connectivity index (χ3n) is 8.63. The lowest BCUT2D eigenvalue weighted by Gasteiger charge is -2.50. The molecular weight excluding hydrogens is 306 g/mol. The highest BCUT2D eigenvalue weighted by molar-refractivity contribution is 5.40. The van der Waals surface area contributed by atoms with Crippen molar-refractivity contribution in [1.82, 2.24) is 4.90 Å². The monoisotopic (exact) mass is 337 g/mol. The summed E-state index contributed by atoms with van der Waals surface area (Å²) in [6, 6.07) is 10.2. The van der Waals surface area contributed by atoms with Gasteiger partial charge in [0.1, 0.15) is 0 Å². The molecule has 1 aromatic rings. The number of likely N-dealkylation sites (tertiary alicyclic amines) is 1. The molecule has 5 atom stereocenters. The van der Waals surface area contributed by atoms with Gasteiger partial charge < -0.3 is 9.64 Å². The Labute approximate surface area is 151 Å². The van der Waals surface area contributed by atoms with E-state index in [1.807, 2.05) is 0 Å². The molecule has 0 N–H and O–H groups in total. The van der Waals surface area contributed by atoms with Gasteiger partial charge in [0.2, 0.25) is 0 Å². The first kappa shape index (κ1) is 15.2. The van der Waals surface area contributed by atoms with Crippen LogP contribution in [0.15, 0.2) is 24.3 Å². The molecule has 0 amide bonds. The molecule has 0 radical (unpaired) electrons. The summed E-state index contributed by atoms with van der Waals surface area (Å²) in [6.07, 6.45) is 11.9. The van der Waals surface area contributed by atoms with E-state index >= 15 is 0 Å². The molecule has 2 heteroatoms. The van der Waals surface area contributed by atoms with E-state index in [0.29, 0.717) is 11.5 Å². The van der Waals surface area contributed by atoms with Gasteiger partial charge in [0.15, 0.2) is 0 Å². The zero-order valence-electron chi connectivity index (χ0n) is 15.3. The molecule has 5 aliphatic rings. The molecule has 2 aliphatic heterocycles. The number of nitrogens with zero attached hydrogens (tertiary/aromatic N) is 1.